The van der Waals surface area contributed by atoms with E-state index in [1.807, 2.05) is 6.07 Å². The number of benzene rings is 1. The molecule has 0 bridgehead atoms. The Labute approximate surface area is 113 Å². The SMILES string of the molecule is COc1ccc2[nH]c(-c3ccc(Cl)cc3O)nc2n1. The summed E-state index contributed by atoms with van der Waals surface area (Å²) in [5.41, 5.74) is 1.87. The van der Waals surface area contributed by atoms with Gasteiger partial charge in [-0.2, -0.15) is 4.98 Å². The van der Waals surface area contributed by atoms with Crippen molar-refractivity contribution in [2.24, 2.45) is 0 Å². The first-order valence-electron chi connectivity index (χ1n) is 5.57. The molecule has 0 saturated heterocycles. The van der Waals surface area contributed by atoms with Crippen molar-refractivity contribution >= 4 is 22.8 Å². The van der Waals surface area contributed by atoms with Crippen molar-refractivity contribution < 1.29 is 9.84 Å². The van der Waals surface area contributed by atoms with Gasteiger partial charge in [-0.05, 0) is 24.3 Å². The fourth-order valence-corrected chi connectivity index (χ4v) is 1.99. The van der Waals surface area contributed by atoms with Crippen LogP contribution in [0, 0.1) is 0 Å². The van der Waals surface area contributed by atoms with E-state index in [-0.39, 0.29) is 5.75 Å². The van der Waals surface area contributed by atoms with E-state index in [0.29, 0.717) is 27.9 Å². The monoisotopic (exact) mass is 275 g/mol. The fraction of sp³-hybridized carbons (Fsp3) is 0.0769. The van der Waals surface area contributed by atoms with Gasteiger partial charge < -0.3 is 14.8 Å². The smallest absolute Gasteiger partial charge is 0.215 e. The van der Waals surface area contributed by atoms with Gasteiger partial charge in [0, 0.05) is 11.1 Å². The van der Waals surface area contributed by atoms with Crippen LogP contribution in [0.15, 0.2) is 30.3 Å². The number of fused-ring (bicyclic) bond motifs is 1. The standard InChI is InChI=1S/C13H10ClN3O2/c1-19-11-5-4-9-13(16-11)17-12(15-9)8-3-2-7(14)6-10(8)18/h2-6,18H,1H3,(H,15,16,17). The maximum atomic E-state index is 9.88. The van der Waals surface area contributed by atoms with Crippen LogP contribution in [-0.4, -0.2) is 27.2 Å². The Kier molecular flexibility index (Phi) is 2.76. The first-order chi connectivity index (χ1) is 9.17. The minimum Gasteiger partial charge on any atom is -0.507 e. The van der Waals surface area contributed by atoms with Crippen LogP contribution in [0.5, 0.6) is 11.6 Å². The van der Waals surface area contributed by atoms with Crippen LogP contribution in [0.2, 0.25) is 5.02 Å². The van der Waals surface area contributed by atoms with Gasteiger partial charge in [-0.1, -0.05) is 11.6 Å². The number of pyridine rings is 1. The second-order valence-corrected chi connectivity index (χ2v) is 4.41. The first-order valence-corrected chi connectivity index (χ1v) is 5.95. The van der Waals surface area contributed by atoms with E-state index in [0.717, 1.165) is 5.52 Å². The maximum absolute atomic E-state index is 9.88. The number of hydrogen-bond donors (Lipinski definition) is 2. The van der Waals surface area contributed by atoms with Gasteiger partial charge in [-0.15, -0.1) is 0 Å². The molecule has 6 heteroatoms. The van der Waals surface area contributed by atoms with Crippen molar-refractivity contribution in [1.29, 1.82) is 0 Å². The summed E-state index contributed by atoms with van der Waals surface area (Å²) < 4.78 is 5.04. The maximum Gasteiger partial charge on any atom is 0.215 e. The molecule has 2 aromatic heterocycles. The summed E-state index contributed by atoms with van der Waals surface area (Å²) >= 11 is 5.80. The molecular formula is C13H10ClN3O2. The molecule has 2 heterocycles. The number of ether oxygens (including phenoxy) is 1. The third-order valence-electron chi connectivity index (χ3n) is 2.74. The Morgan fingerprint density at radius 2 is 2.05 bits per heavy atom. The van der Waals surface area contributed by atoms with E-state index in [1.165, 1.54) is 6.07 Å². The normalized spacial score (nSPS) is 10.8. The number of aromatic hydroxyl groups is 1. The minimum atomic E-state index is 0.0681. The molecule has 0 fully saturated rings. The predicted octanol–water partition coefficient (Wildman–Crippen LogP) is 2.99. The molecule has 0 aliphatic rings. The third-order valence-corrected chi connectivity index (χ3v) is 2.98. The Morgan fingerprint density at radius 3 is 2.79 bits per heavy atom. The Hall–Kier alpha value is -2.27. The van der Waals surface area contributed by atoms with Crippen molar-refractivity contribution in [3.05, 3.63) is 35.4 Å². The summed E-state index contributed by atoms with van der Waals surface area (Å²) in [6.07, 6.45) is 0. The topological polar surface area (TPSA) is 71.0 Å². The molecule has 2 N–H and O–H groups in total. The lowest BCUT2D eigenvalue weighted by atomic mass is 10.2. The zero-order valence-electron chi connectivity index (χ0n) is 10.0. The number of phenolic OH excluding ortho intramolecular Hbond substituents is 1. The second-order valence-electron chi connectivity index (χ2n) is 3.97. The summed E-state index contributed by atoms with van der Waals surface area (Å²) in [4.78, 5) is 11.6. The Balaban J connectivity index is 2.14. The van der Waals surface area contributed by atoms with Gasteiger partial charge in [0.1, 0.15) is 11.6 Å². The quantitative estimate of drug-likeness (QED) is 0.754. The number of nitrogens with zero attached hydrogens (tertiary/aromatic N) is 2. The van der Waals surface area contributed by atoms with Gasteiger partial charge in [-0.25, -0.2) is 4.98 Å². The number of H-pyrrole nitrogens is 1. The zero-order chi connectivity index (χ0) is 13.4. The number of aromatic amines is 1. The van der Waals surface area contributed by atoms with Crippen LogP contribution >= 0.6 is 11.6 Å². The number of rotatable bonds is 2. The Bertz CT molecular complexity index is 755. The van der Waals surface area contributed by atoms with Crippen LogP contribution in [0.4, 0.5) is 0 Å². The summed E-state index contributed by atoms with van der Waals surface area (Å²) in [6.45, 7) is 0. The van der Waals surface area contributed by atoms with Crippen LogP contribution in [0.1, 0.15) is 0 Å². The van der Waals surface area contributed by atoms with E-state index in [4.69, 9.17) is 16.3 Å². The number of methoxy groups -OCH3 is 1. The lowest BCUT2D eigenvalue weighted by Crippen LogP contribution is -1.86. The molecule has 0 saturated carbocycles. The zero-order valence-corrected chi connectivity index (χ0v) is 10.8. The highest BCUT2D eigenvalue weighted by atomic mass is 35.5. The molecule has 19 heavy (non-hydrogen) atoms. The summed E-state index contributed by atoms with van der Waals surface area (Å²) in [6, 6.07) is 8.43. The van der Waals surface area contributed by atoms with Crippen molar-refractivity contribution in [3.63, 3.8) is 0 Å². The number of imidazole rings is 1. The lowest BCUT2D eigenvalue weighted by Gasteiger charge is -2.00. The largest absolute Gasteiger partial charge is 0.507 e. The van der Waals surface area contributed by atoms with Crippen LogP contribution in [0.25, 0.3) is 22.6 Å². The van der Waals surface area contributed by atoms with Gasteiger partial charge >= 0.3 is 0 Å². The van der Waals surface area contributed by atoms with Crippen LogP contribution in [0.3, 0.4) is 0 Å². The fourth-order valence-electron chi connectivity index (χ4n) is 1.82. The van der Waals surface area contributed by atoms with Crippen molar-refractivity contribution in [1.82, 2.24) is 15.0 Å². The molecule has 0 atom stereocenters. The number of phenols is 1. The van der Waals surface area contributed by atoms with E-state index in [2.05, 4.69) is 15.0 Å². The molecule has 3 rings (SSSR count). The highest BCUT2D eigenvalue weighted by molar-refractivity contribution is 6.30. The summed E-state index contributed by atoms with van der Waals surface area (Å²) in [5.74, 6) is 1.09. The number of hydrogen-bond acceptors (Lipinski definition) is 4. The van der Waals surface area contributed by atoms with E-state index in [1.54, 1.807) is 25.3 Å². The number of aromatic nitrogens is 3. The molecule has 0 amide bonds. The average molecular weight is 276 g/mol. The number of halogens is 1. The van der Waals surface area contributed by atoms with Crippen LogP contribution in [-0.2, 0) is 0 Å². The third kappa shape index (κ3) is 2.08. The van der Waals surface area contributed by atoms with Gasteiger partial charge in [0.2, 0.25) is 5.88 Å². The van der Waals surface area contributed by atoms with Gasteiger partial charge in [0.15, 0.2) is 5.65 Å². The highest BCUT2D eigenvalue weighted by Gasteiger charge is 2.11. The molecular weight excluding hydrogens is 266 g/mol. The molecule has 0 aliphatic heterocycles. The van der Waals surface area contributed by atoms with Crippen molar-refractivity contribution in [2.45, 2.75) is 0 Å². The van der Waals surface area contributed by atoms with Crippen molar-refractivity contribution in [3.8, 4) is 23.0 Å². The summed E-state index contributed by atoms with van der Waals surface area (Å²) in [7, 11) is 1.55. The minimum absolute atomic E-state index is 0.0681. The first kappa shape index (κ1) is 11.8. The molecule has 3 aromatic rings. The van der Waals surface area contributed by atoms with E-state index < -0.39 is 0 Å². The molecule has 1 aromatic carbocycles. The van der Waals surface area contributed by atoms with Gasteiger partial charge in [0.05, 0.1) is 18.2 Å². The van der Waals surface area contributed by atoms with E-state index >= 15 is 0 Å². The molecule has 0 unspecified atom stereocenters. The molecule has 0 radical (unpaired) electrons. The lowest BCUT2D eigenvalue weighted by molar-refractivity contribution is 0.399. The van der Waals surface area contributed by atoms with E-state index in [9.17, 15) is 5.11 Å². The molecule has 0 spiro atoms. The number of nitrogens with one attached hydrogen (secondary N) is 1. The summed E-state index contributed by atoms with van der Waals surface area (Å²) in [5, 5.41) is 10.4. The van der Waals surface area contributed by atoms with Gasteiger partial charge in [-0.3, -0.25) is 0 Å². The Morgan fingerprint density at radius 1 is 1.21 bits per heavy atom. The average Bonchev–Trinajstić information content (AvgIpc) is 2.80. The molecule has 0 aliphatic carbocycles. The molecule has 5 nitrogen and oxygen atoms in total. The van der Waals surface area contributed by atoms with Gasteiger partial charge in [0.25, 0.3) is 0 Å². The highest BCUT2D eigenvalue weighted by Crippen LogP contribution is 2.30. The molecule has 96 valence electrons. The second kappa shape index (κ2) is 4.44. The van der Waals surface area contributed by atoms with Crippen molar-refractivity contribution in [2.75, 3.05) is 7.11 Å². The van der Waals surface area contributed by atoms with Crippen LogP contribution < -0.4 is 4.74 Å². The predicted molar refractivity (Wildman–Crippen MR) is 72.6 cm³/mol.